The summed E-state index contributed by atoms with van der Waals surface area (Å²) in [6, 6.07) is 7.52. The minimum atomic E-state index is 0.608. The van der Waals surface area contributed by atoms with E-state index in [2.05, 4.69) is 6.07 Å². The van der Waals surface area contributed by atoms with Crippen LogP contribution in [0.3, 0.4) is 0 Å². The van der Waals surface area contributed by atoms with Crippen LogP contribution >= 0.6 is 23.4 Å². The second-order valence-electron chi connectivity index (χ2n) is 3.39. The monoisotopic (exact) mass is 239 g/mol. The lowest BCUT2D eigenvalue weighted by molar-refractivity contribution is 0.0455. The number of nitrogens with zero attached hydrogens (tertiary/aromatic N) is 1. The Bertz CT molecular complexity index is 398. The van der Waals surface area contributed by atoms with Gasteiger partial charge in [-0.3, -0.25) is 0 Å². The van der Waals surface area contributed by atoms with Crippen LogP contribution in [-0.2, 0) is 10.5 Å². The number of hydrogen-bond donors (Lipinski definition) is 0. The minimum absolute atomic E-state index is 0.608. The van der Waals surface area contributed by atoms with E-state index in [-0.39, 0.29) is 0 Å². The molecule has 1 saturated heterocycles. The molecule has 1 fully saturated rings. The number of nitriles is 1. The molecule has 0 unspecified atom stereocenters. The third-order valence-electron chi connectivity index (χ3n) is 2.26. The zero-order valence-corrected chi connectivity index (χ0v) is 9.64. The standard InChI is InChI=1S/C11H10ClNOS/c12-11-3-8(4-13)1-2-9(11)7-15-10-5-14-6-10/h1-3,10H,5-7H2. The van der Waals surface area contributed by atoms with Crippen LogP contribution in [0.1, 0.15) is 11.1 Å². The van der Waals surface area contributed by atoms with Gasteiger partial charge in [0.2, 0.25) is 0 Å². The summed E-state index contributed by atoms with van der Waals surface area (Å²) in [5, 5.41) is 9.98. The van der Waals surface area contributed by atoms with E-state index in [1.54, 1.807) is 12.1 Å². The predicted molar refractivity (Wildman–Crippen MR) is 62.1 cm³/mol. The van der Waals surface area contributed by atoms with Gasteiger partial charge in [-0.15, -0.1) is 11.8 Å². The number of hydrogen-bond acceptors (Lipinski definition) is 3. The summed E-state index contributed by atoms with van der Waals surface area (Å²) in [4.78, 5) is 0. The molecule has 0 atom stereocenters. The van der Waals surface area contributed by atoms with Gasteiger partial charge in [0, 0.05) is 10.8 Å². The SMILES string of the molecule is N#Cc1ccc(CSC2COC2)c(Cl)c1. The first kappa shape index (κ1) is 10.8. The molecule has 1 aliphatic rings. The van der Waals surface area contributed by atoms with Crippen molar-refractivity contribution in [3.8, 4) is 6.07 Å². The Morgan fingerprint density at radius 1 is 1.53 bits per heavy atom. The topological polar surface area (TPSA) is 33.0 Å². The summed E-state index contributed by atoms with van der Waals surface area (Å²) in [5.41, 5.74) is 1.70. The van der Waals surface area contributed by atoms with Crippen molar-refractivity contribution in [2.24, 2.45) is 0 Å². The lowest BCUT2D eigenvalue weighted by Crippen LogP contribution is -2.30. The fourth-order valence-electron chi connectivity index (χ4n) is 1.25. The summed E-state index contributed by atoms with van der Waals surface area (Å²) in [6.45, 7) is 1.69. The summed E-state index contributed by atoms with van der Waals surface area (Å²) in [5.74, 6) is 0.887. The van der Waals surface area contributed by atoms with Gasteiger partial charge in [0.1, 0.15) is 0 Å². The van der Waals surface area contributed by atoms with Crippen LogP contribution in [0, 0.1) is 11.3 Å². The van der Waals surface area contributed by atoms with E-state index in [0.717, 1.165) is 24.5 Å². The second kappa shape index (κ2) is 4.89. The summed E-state index contributed by atoms with van der Waals surface area (Å²) in [6.07, 6.45) is 0. The zero-order valence-electron chi connectivity index (χ0n) is 8.07. The molecule has 0 aliphatic carbocycles. The van der Waals surface area contributed by atoms with Gasteiger partial charge in [-0.2, -0.15) is 5.26 Å². The van der Waals surface area contributed by atoms with Crippen LogP contribution in [0.25, 0.3) is 0 Å². The highest BCUT2D eigenvalue weighted by molar-refractivity contribution is 7.99. The summed E-state index contributed by atoms with van der Waals surface area (Å²) >= 11 is 7.91. The molecule has 0 spiro atoms. The van der Waals surface area contributed by atoms with E-state index in [4.69, 9.17) is 21.6 Å². The van der Waals surface area contributed by atoms with Crippen molar-refractivity contribution >= 4 is 23.4 Å². The minimum Gasteiger partial charge on any atom is -0.379 e. The number of benzene rings is 1. The molecule has 2 nitrogen and oxygen atoms in total. The van der Waals surface area contributed by atoms with Gasteiger partial charge in [0.25, 0.3) is 0 Å². The lowest BCUT2D eigenvalue weighted by atomic mass is 10.2. The molecule has 1 heterocycles. The average molecular weight is 240 g/mol. The molecule has 0 bridgehead atoms. The molecule has 0 radical (unpaired) electrons. The van der Waals surface area contributed by atoms with Gasteiger partial charge in [-0.1, -0.05) is 17.7 Å². The fourth-order valence-corrected chi connectivity index (χ4v) is 2.63. The Kier molecular flexibility index (Phi) is 3.53. The summed E-state index contributed by atoms with van der Waals surface area (Å²) < 4.78 is 5.09. The van der Waals surface area contributed by atoms with Crippen LogP contribution in [-0.4, -0.2) is 18.5 Å². The van der Waals surface area contributed by atoms with Crippen LogP contribution in [0.5, 0.6) is 0 Å². The molecule has 2 rings (SSSR count). The highest BCUT2D eigenvalue weighted by atomic mass is 35.5. The number of thioether (sulfide) groups is 1. The third kappa shape index (κ3) is 2.66. The molecule has 1 aromatic rings. The molecule has 1 aromatic carbocycles. The number of halogens is 1. The van der Waals surface area contributed by atoms with Gasteiger partial charge in [0.05, 0.1) is 30.1 Å². The van der Waals surface area contributed by atoms with E-state index in [1.807, 2.05) is 17.8 Å². The number of ether oxygens (including phenoxy) is 1. The largest absolute Gasteiger partial charge is 0.379 e. The van der Waals surface area contributed by atoms with Crippen molar-refractivity contribution in [1.29, 1.82) is 5.26 Å². The van der Waals surface area contributed by atoms with Gasteiger partial charge < -0.3 is 4.74 Å². The Balaban J connectivity index is 1.98. The molecule has 0 N–H and O–H groups in total. The Morgan fingerprint density at radius 3 is 2.87 bits per heavy atom. The predicted octanol–water partition coefficient (Wildman–Crippen LogP) is 2.84. The van der Waals surface area contributed by atoms with Crippen LogP contribution in [0.4, 0.5) is 0 Å². The molecule has 0 saturated carbocycles. The molecular formula is C11H10ClNOS. The Hall–Kier alpha value is -0.690. The van der Waals surface area contributed by atoms with Crippen LogP contribution < -0.4 is 0 Å². The van der Waals surface area contributed by atoms with Crippen molar-refractivity contribution in [2.45, 2.75) is 11.0 Å². The van der Waals surface area contributed by atoms with Gasteiger partial charge >= 0.3 is 0 Å². The first-order chi connectivity index (χ1) is 7.29. The van der Waals surface area contributed by atoms with Crippen molar-refractivity contribution in [3.05, 3.63) is 34.3 Å². The maximum Gasteiger partial charge on any atom is 0.0992 e. The summed E-state index contributed by atoms with van der Waals surface area (Å²) in [7, 11) is 0. The van der Waals surface area contributed by atoms with Crippen LogP contribution in [0.15, 0.2) is 18.2 Å². The fraction of sp³-hybridized carbons (Fsp3) is 0.364. The van der Waals surface area contributed by atoms with Crippen molar-refractivity contribution < 1.29 is 4.74 Å². The van der Waals surface area contributed by atoms with E-state index in [9.17, 15) is 0 Å². The lowest BCUT2D eigenvalue weighted by Gasteiger charge is -2.25. The first-order valence-corrected chi connectivity index (χ1v) is 6.10. The third-order valence-corrected chi connectivity index (χ3v) is 3.84. The van der Waals surface area contributed by atoms with Gasteiger partial charge in [-0.25, -0.2) is 0 Å². The van der Waals surface area contributed by atoms with Crippen molar-refractivity contribution in [1.82, 2.24) is 0 Å². The van der Waals surface area contributed by atoms with Crippen molar-refractivity contribution in [3.63, 3.8) is 0 Å². The normalized spacial score (nSPS) is 15.7. The molecular weight excluding hydrogens is 230 g/mol. The first-order valence-electron chi connectivity index (χ1n) is 4.67. The molecule has 0 aromatic heterocycles. The van der Waals surface area contributed by atoms with Crippen molar-refractivity contribution in [2.75, 3.05) is 13.2 Å². The maximum absolute atomic E-state index is 8.69. The van der Waals surface area contributed by atoms with E-state index in [0.29, 0.717) is 15.8 Å². The molecule has 1 aliphatic heterocycles. The second-order valence-corrected chi connectivity index (χ2v) is 5.08. The van der Waals surface area contributed by atoms with E-state index >= 15 is 0 Å². The maximum atomic E-state index is 8.69. The zero-order chi connectivity index (χ0) is 10.7. The smallest absolute Gasteiger partial charge is 0.0992 e. The molecule has 78 valence electrons. The highest BCUT2D eigenvalue weighted by Gasteiger charge is 2.18. The van der Waals surface area contributed by atoms with Gasteiger partial charge in [0.15, 0.2) is 0 Å². The molecule has 4 heteroatoms. The van der Waals surface area contributed by atoms with Crippen LogP contribution in [0.2, 0.25) is 5.02 Å². The molecule has 0 amide bonds. The quantitative estimate of drug-likeness (QED) is 0.813. The van der Waals surface area contributed by atoms with E-state index in [1.165, 1.54) is 0 Å². The van der Waals surface area contributed by atoms with Gasteiger partial charge in [-0.05, 0) is 17.7 Å². The van der Waals surface area contributed by atoms with E-state index < -0.39 is 0 Å². The Morgan fingerprint density at radius 2 is 2.33 bits per heavy atom. The molecule has 15 heavy (non-hydrogen) atoms. The number of rotatable bonds is 3. The highest BCUT2D eigenvalue weighted by Crippen LogP contribution is 2.27. The Labute approximate surface area is 98.2 Å². The average Bonchev–Trinajstić information content (AvgIpc) is 2.18.